The average molecular weight is 481 g/mol. The highest BCUT2D eigenvalue weighted by Crippen LogP contribution is 2.44. The number of carbonyl (C=O) groups is 1. The molecule has 1 atom stereocenters. The number of hydrogen-bond acceptors (Lipinski definition) is 7. The molecule has 0 aliphatic carbocycles. The summed E-state index contributed by atoms with van der Waals surface area (Å²) in [7, 11) is 4.64. The van der Waals surface area contributed by atoms with E-state index in [1.54, 1.807) is 39.5 Å². The maximum Gasteiger partial charge on any atom is 0.253 e. The molecule has 1 aliphatic heterocycles. The SMILES string of the molecule is COc1cc(C2=Nc3ccc(Cl)cc3[C@H](c3ccccc3)N2CC(=O)NN)cc(OC)c1OC. The lowest BCUT2D eigenvalue weighted by Gasteiger charge is -2.38. The van der Waals surface area contributed by atoms with Crippen molar-refractivity contribution in [3.63, 3.8) is 0 Å². The number of carbonyl (C=O) groups excluding carboxylic acids is 1. The number of hydrazine groups is 1. The Hall–Kier alpha value is -3.75. The summed E-state index contributed by atoms with van der Waals surface area (Å²) in [4.78, 5) is 19.3. The van der Waals surface area contributed by atoms with Crippen LogP contribution in [0, 0.1) is 0 Å². The molecule has 3 aromatic carbocycles. The number of benzene rings is 3. The normalized spacial score (nSPS) is 14.7. The van der Waals surface area contributed by atoms with Gasteiger partial charge in [-0.1, -0.05) is 41.9 Å². The molecule has 0 aromatic heterocycles. The molecule has 8 nitrogen and oxygen atoms in total. The van der Waals surface area contributed by atoms with Gasteiger partial charge in [0.05, 0.1) is 33.1 Å². The Labute approximate surface area is 202 Å². The maximum absolute atomic E-state index is 12.5. The molecular formula is C25H25ClN4O4. The van der Waals surface area contributed by atoms with Gasteiger partial charge < -0.3 is 19.1 Å². The van der Waals surface area contributed by atoms with Gasteiger partial charge in [0.25, 0.3) is 5.91 Å². The number of amides is 1. The molecule has 1 heterocycles. The molecule has 0 saturated heterocycles. The second kappa shape index (κ2) is 10.0. The monoisotopic (exact) mass is 480 g/mol. The van der Waals surface area contributed by atoms with Crippen molar-refractivity contribution in [1.29, 1.82) is 0 Å². The maximum atomic E-state index is 12.5. The Balaban J connectivity index is 1.98. The third kappa shape index (κ3) is 4.37. The van der Waals surface area contributed by atoms with Crippen molar-refractivity contribution in [2.24, 2.45) is 10.8 Å². The molecule has 34 heavy (non-hydrogen) atoms. The van der Waals surface area contributed by atoms with Crippen molar-refractivity contribution in [3.8, 4) is 17.2 Å². The summed E-state index contributed by atoms with van der Waals surface area (Å²) in [5.41, 5.74) is 5.49. The van der Waals surface area contributed by atoms with Gasteiger partial charge in [0, 0.05) is 16.1 Å². The molecule has 9 heteroatoms. The van der Waals surface area contributed by atoms with Crippen LogP contribution in [0.15, 0.2) is 65.7 Å². The molecule has 0 saturated carbocycles. The summed E-state index contributed by atoms with van der Waals surface area (Å²) in [6, 6.07) is 18.6. The van der Waals surface area contributed by atoms with E-state index in [4.69, 9.17) is 36.6 Å². The minimum atomic E-state index is -0.369. The zero-order valence-electron chi connectivity index (χ0n) is 19.0. The third-order valence-corrected chi connectivity index (χ3v) is 5.84. The van der Waals surface area contributed by atoms with Crippen LogP contribution in [0.5, 0.6) is 17.2 Å². The molecule has 3 N–H and O–H groups in total. The number of hydrogen-bond donors (Lipinski definition) is 2. The molecule has 4 rings (SSSR count). The van der Waals surface area contributed by atoms with E-state index in [0.717, 1.165) is 16.8 Å². The Bertz CT molecular complexity index is 1210. The summed E-state index contributed by atoms with van der Waals surface area (Å²) >= 11 is 6.36. The number of fused-ring (bicyclic) bond motifs is 1. The Morgan fingerprint density at radius 2 is 1.71 bits per heavy atom. The van der Waals surface area contributed by atoms with Crippen LogP contribution in [0.3, 0.4) is 0 Å². The van der Waals surface area contributed by atoms with E-state index in [-0.39, 0.29) is 18.5 Å². The first kappa shape index (κ1) is 23.4. The minimum Gasteiger partial charge on any atom is -0.493 e. The van der Waals surface area contributed by atoms with Crippen molar-refractivity contribution in [2.75, 3.05) is 27.9 Å². The molecule has 1 aliphatic rings. The van der Waals surface area contributed by atoms with Crippen LogP contribution in [0.4, 0.5) is 5.69 Å². The Kier molecular flexibility index (Phi) is 6.90. The highest BCUT2D eigenvalue weighted by atomic mass is 35.5. The minimum absolute atomic E-state index is 0.0441. The number of methoxy groups -OCH3 is 3. The molecule has 0 spiro atoms. The van der Waals surface area contributed by atoms with E-state index in [1.807, 2.05) is 47.4 Å². The second-order valence-corrected chi connectivity index (χ2v) is 8.00. The van der Waals surface area contributed by atoms with Crippen LogP contribution < -0.4 is 25.5 Å². The fraction of sp³-hybridized carbons (Fsp3) is 0.200. The number of nitrogens with one attached hydrogen (secondary N) is 1. The summed E-state index contributed by atoms with van der Waals surface area (Å²) in [5.74, 6) is 7.05. The molecular weight excluding hydrogens is 456 g/mol. The predicted octanol–water partition coefficient (Wildman–Crippen LogP) is 3.84. The van der Waals surface area contributed by atoms with Gasteiger partial charge in [0.2, 0.25) is 5.75 Å². The molecule has 0 bridgehead atoms. The lowest BCUT2D eigenvalue weighted by atomic mass is 9.92. The van der Waals surface area contributed by atoms with Crippen molar-refractivity contribution < 1.29 is 19.0 Å². The zero-order chi connectivity index (χ0) is 24.2. The lowest BCUT2D eigenvalue weighted by molar-refractivity contribution is -0.121. The summed E-state index contributed by atoms with van der Waals surface area (Å²) in [6.07, 6.45) is 0. The van der Waals surface area contributed by atoms with E-state index >= 15 is 0 Å². The molecule has 0 radical (unpaired) electrons. The quantitative estimate of drug-likeness (QED) is 0.303. The van der Waals surface area contributed by atoms with Crippen LogP contribution in [0.2, 0.25) is 5.02 Å². The van der Waals surface area contributed by atoms with Crippen LogP contribution in [-0.4, -0.2) is 44.5 Å². The van der Waals surface area contributed by atoms with E-state index in [9.17, 15) is 4.79 Å². The van der Waals surface area contributed by atoms with Gasteiger partial charge in [0.15, 0.2) is 11.5 Å². The highest BCUT2D eigenvalue weighted by Gasteiger charge is 2.34. The molecule has 1 amide bonds. The second-order valence-electron chi connectivity index (χ2n) is 7.56. The largest absolute Gasteiger partial charge is 0.493 e. The fourth-order valence-electron chi connectivity index (χ4n) is 4.12. The number of amidine groups is 1. The number of ether oxygens (including phenoxy) is 3. The van der Waals surface area contributed by atoms with Crippen LogP contribution in [0.25, 0.3) is 0 Å². The van der Waals surface area contributed by atoms with Gasteiger partial charge in [0.1, 0.15) is 12.4 Å². The van der Waals surface area contributed by atoms with Crippen LogP contribution >= 0.6 is 11.6 Å². The fourth-order valence-corrected chi connectivity index (χ4v) is 4.30. The van der Waals surface area contributed by atoms with Gasteiger partial charge >= 0.3 is 0 Å². The smallest absolute Gasteiger partial charge is 0.253 e. The van der Waals surface area contributed by atoms with Crippen molar-refractivity contribution in [3.05, 3.63) is 82.4 Å². The Morgan fingerprint density at radius 1 is 1.03 bits per heavy atom. The molecule has 3 aromatic rings. The molecule has 0 unspecified atom stereocenters. The first-order valence-corrected chi connectivity index (χ1v) is 10.9. The van der Waals surface area contributed by atoms with Crippen molar-refractivity contribution in [1.82, 2.24) is 10.3 Å². The number of nitrogens with two attached hydrogens (primary N) is 1. The predicted molar refractivity (Wildman–Crippen MR) is 131 cm³/mol. The van der Waals surface area contributed by atoms with Crippen molar-refractivity contribution in [2.45, 2.75) is 6.04 Å². The zero-order valence-corrected chi connectivity index (χ0v) is 19.8. The van der Waals surface area contributed by atoms with E-state index < -0.39 is 0 Å². The Morgan fingerprint density at radius 3 is 2.29 bits per heavy atom. The summed E-state index contributed by atoms with van der Waals surface area (Å²) in [6.45, 7) is -0.0441. The van der Waals surface area contributed by atoms with Gasteiger partial charge in [-0.05, 0) is 35.9 Å². The van der Waals surface area contributed by atoms with Crippen molar-refractivity contribution >= 4 is 29.0 Å². The van der Waals surface area contributed by atoms with E-state index in [1.165, 1.54) is 0 Å². The van der Waals surface area contributed by atoms with E-state index in [0.29, 0.717) is 33.7 Å². The number of halogens is 1. The number of nitrogens with zero attached hydrogens (tertiary/aromatic N) is 2. The van der Waals surface area contributed by atoms with Crippen LogP contribution in [-0.2, 0) is 4.79 Å². The van der Waals surface area contributed by atoms with Gasteiger partial charge in [-0.25, -0.2) is 10.8 Å². The van der Waals surface area contributed by atoms with Gasteiger partial charge in [-0.15, -0.1) is 0 Å². The third-order valence-electron chi connectivity index (χ3n) is 5.61. The first-order chi connectivity index (χ1) is 16.5. The lowest BCUT2D eigenvalue weighted by Crippen LogP contribution is -2.46. The highest BCUT2D eigenvalue weighted by molar-refractivity contribution is 6.30. The van der Waals surface area contributed by atoms with E-state index in [2.05, 4.69) is 5.43 Å². The van der Waals surface area contributed by atoms with Gasteiger partial charge in [-0.3, -0.25) is 10.2 Å². The first-order valence-electron chi connectivity index (χ1n) is 10.5. The van der Waals surface area contributed by atoms with Crippen LogP contribution in [0.1, 0.15) is 22.7 Å². The summed E-state index contributed by atoms with van der Waals surface area (Å²) in [5, 5.41) is 0.578. The number of aliphatic imine (C=N–C) groups is 1. The van der Waals surface area contributed by atoms with Gasteiger partial charge in [-0.2, -0.15) is 0 Å². The standard InChI is InChI=1S/C25H25ClN4O4/c1-32-20-11-16(12-21(33-2)24(20)34-3)25-28-19-10-9-17(26)13-18(19)23(15-7-5-4-6-8-15)30(25)14-22(31)29-27/h4-13,23H,14,27H2,1-3H3,(H,29,31)/t23-/m0/s1. The average Bonchev–Trinajstić information content (AvgIpc) is 2.87. The number of rotatable bonds is 7. The molecule has 176 valence electrons. The topological polar surface area (TPSA) is 98.4 Å². The molecule has 0 fully saturated rings. The summed E-state index contributed by atoms with van der Waals surface area (Å²) < 4.78 is 16.6.